The van der Waals surface area contributed by atoms with Gasteiger partial charge in [-0.1, -0.05) is 0 Å². The molecule has 0 radical (unpaired) electrons. The second-order valence-corrected chi connectivity index (χ2v) is 0. The van der Waals surface area contributed by atoms with Crippen LogP contribution in [-0.4, -0.2) is 0 Å². The van der Waals surface area contributed by atoms with E-state index in [1.807, 2.05) is 0 Å². The van der Waals surface area contributed by atoms with Gasteiger partial charge in [-0.3, -0.25) is 0 Å². The van der Waals surface area contributed by atoms with Crippen LogP contribution in [0.2, 0.25) is 0 Å². The molecule has 2 unspecified atom stereocenters. The molecule has 0 aromatic rings. The van der Waals surface area contributed by atoms with E-state index in [0.29, 0.717) is 0 Å². The lowest BCUT2D eigenvalue weighted by Crippen LogP contribution is -0.139. The minimum absolute atomic E-state index is 0. The molecule has 0 heterocycles. The fourth-order valence-corrected chi connectivity index (χ4v) is 0. The highest BCUT2D eigenvalue weighted by Crippen LogP contribution is 1.86. The summed E-state index contributed by atoms with van der Waals surface area (Å²) >= 11 is 0. The first-order valence-corrected chi connectivity index (χ1v) is 3.00. The largest absolute Gasteiger partial charge is 0.118 e. The zero-order valence-electron chi connectivity index (χ0n) is 1.97. The maximum atomic E-state index is 2.33. The molecule has 30 valence electrons. The smallest absolute Gasteiger partial charge is 0.114 e. The van der Waals surface area contributed by atoms with Gasteiger partial charge in [-0.25, -0.2) is 0 Å². The molecule has 0 aromatic heterocycles. The van der Waals surface area contributed by atoms with Gasteiger partial charge in [-0.2, -0.15) is 0 Å². The summed E-state index contributed by atoms with van der Waals surface area (Å²) in [6.45, 7) is 0. The van der Waals surface area contributed by atoms with E-state index in [1.54, 1.807) is 0 Å². The van der Waals surface area contributed by atoms with Crippen molar-refractivity contribution < 1.29 is 0 Å². The summed E-state index contributed by atoms with van der Waals surface area (Å²) in [6, 6.07) is 0. The van der Waals surface area contributed by atoms with Crippen molar-refractivity contribution in [3.8, 4) is 0 Å². The van der Waals surface area contributed by atoms with Gasteiger partial charge in [0, 0.05) is 0 Å². The van der Waals surface area contributed by atoms with E-state index in [-0.39, 0.29) is 34.0 Å². The van der Waals surface area contributed by atoms with Crippen molar-refractivity contribution in [2.24, 2.45) is 0 Å². The molecule has 0 aromatic carbocycles. The van der Waals surface area contributed by atoms with Crippen molar-refractivity contribution in [3.63, 3.8) is 0 Å². The van der Waals surface area contributed by atoms with Crippen molar-refractivity contribution in [1.82, 2.24) is 0 Å². The van der Waals surface area contributed by atoms with Crippen LogP contribution < -0.4 is 0 Å². The lowest BCUT2D eigenvalue weighted by Gasteiger charge is -1.12. The minimum Gasteiger partial charge on any atom is -0.118 e. The zero-order valence-corrected chi connectivity index (χ0v) is 7.71. The maximum Gasteiger partial charge on any atom is -0.114 e. The second-order valence-electron chi connectivity index (χ2n) is 0. The molecule has 0 amide bonds. The lowest BCUT2D eigenvalue weighted by molar-refractivity contribution is 5.92. The highest BCUT2D eigenvalue weighted by Gasteiger charge is 0.882. The van der Waals surface area contributed by atoms with Gasteiger partial charge in [-0.05, 0) is 0 Å². The summed E-state index contributed by atoms with van der Waals surface area (Å²) in [5, 5.41) is 0. The monoisotopic (exact) mass is 226 g/mol. The van der Waals surface area contributed by atoms with Gasteiger partial charge in [0.05, 0.1) is 0 Å². The highest BCUT2D eigenvalue weighted by molar-refractivity contribution is 8.93. The molecule has 0 saturated carbocycles. The minimum atomic E-state index is 0. The van der Waals surface area contributed by atoms with Crippen LogP contribution in [0.15, 0.2) is 0 Å². The molecule has 0 nitrogen and oxygen atoms in total. The van der Waals surface area contributed by atoms with Gasteiger partial charge in [0.25, 0.3) is 0 Å². The number of hydrogen-bond donors (Lipinski definition) is 0. The lowest BCUT2D eigenvalue weighted by atomic mass is 30.0. The Labute approximate surface area is 52.0 Å². The van der Waals surface area contributed by atoms with Gasteiger partial charge >= 0.3 is 0 Å². The molecule has 0 fully saturated rings. The van der Waals surface area contributed by atoms with Gasteiger partial charge in [0.15, 0.2) is 0 Å². The molecule has 0 aliphatic carbocycles. The molecule has 0 aliphatic rings. The Kier molecular flexibility index (Phi) is 90.3. The summed E-state index contributed by atoms with van der Waals surface area (Å²) in [5.74, 6) is 0. The predicted molar refractivity (Wildman–Crippen MR) is 40.1 cm³/mol. The zero-order chi connectivity index (χ0) is 2.00. The van der Waals surface area contributed by atoms with Crippen molar-refractivity contribution in [2.45, 2.75) is 0 Å². The second kappa shape index (κ2) is 21.2. The summed E-state index contributed by atoms with van der Waals surface area (Å²) in [5.41, 5.74) is 0. The third-order valence-electron chi connectivity index (χ3n) is 0. The molecule has 0 aliphatic heterocycles. The molecule has 0 spiro atoms. The molecule has 0 rings (SSSR count). The van der Waals surface area contributed by atoms with Crippen LogP contribution in [0.25, 0.3) is 0 Å². The van der Waals surface area contributed by atoms with Crippen molar-refractivity contribution in [1.29, 1.82) is 0 Å². The Morgan fingerprint density at radius 3 is 0.750 bits per heavy atom. The van der Waals surface area contributed by atoms with E-state index in [0.717, 1.165) is 0 Å². The first kappa shape index (κ1) is 17.0. The van der Waals surface area contributed by atoms with Gasteiger partial charge in [-0.15, -0.1) is 51.8 Å². The van der Waals surface area contributed by atoms with E-state index in [4.69, 9.17) is 0 Å². The normalized spacial score (nSPS) is 1.50. The summed E-state index contributed by atoms with van der Waals surface area (Å²) in [7, 11) is 4.67. The van der Waals surface area contributed by atoms with E-state index in [1.165, 1.54) is 0 Å². The predicted octanol–water partition coefficient (Wildman–Crippen LogP) is 1.81. The third kappa shape index (κ3) is 9.17. The molecule has 0 saturated heterocycles. The molecular formula is H6Br2P2. The number of hydrogen-bond acceptors (Lipinski definition) is 0. The van der Waals surface area contributed by atoms with Gasteiger partial charge in [0.1, 0.15) is 0 Å². The number of rotatable bonds is 0. The van der Waals surface area contributed by atoms with Crippen LogP contribution in [0.3, 0.4) is 0 Å². The van der Waals surface area contributed by atoms with Crippen molar-refractivity contribution in [3.05, 3.63) is 0 Å². The van der Waals surface area contributed by atoms with Crippen LogP contribution in [-0.2, 0) is 0 Å². The Balaban J connectivity index is -0.00000000500. The topological polar surface area (TPSA) is 0 Å². The Hall–Kier alpha value is 1.82. The molecule has 2 atom stereocenters. The average molecular weight is 228 g/mol. The van der Waals surface area contributed by atoms with Crippen LogP contribution in [0.5, 0.6) is 0 Å². The number of halogens is 2. The Morgan fingerprint density at radius 2 is 0.750 bits per heavy atom. The van der Waals surface area contributed by atoms with Crippen molar-refractivity contribution in [2.75, 3.05) is 0 Å². The van der Waals surface area contributed by atoms with E-state index in [9.17, 15) is 0 Å². The first-order valence-electron chi connectivity index (χ1n) is 0.333. The van der Waals surface area contributed by atoms with Crippen LogP contribution >= 0.6 is 51.8 Å². The van der Waals surface area contributed by atoms with Crippen LogP contribution in [0, 0.1) is 0 Å². The standard InChI is InChI=1S/2BrH.H4P2/c;;1-2/h2*1H;1-2H2. The third-order valence-corrected chi connectivity index (χ3v) is 0. The Bertz CT molecular complexity index is 4.00. The SMILES string of the molecule is Br.Br.PP. The van der Waals surface area contributed by atoms with E-state index >= 15 is 0 Å². The quantitative estimate of drug-likeness (QED) is 0.554. The molecular weight excluding hydrogens is 222 g/mol. The fraction of sp³-hybridized carbons (Fsp3) is 0. The average Bonchev–Trinajstić information content (AvgIpc) is 1.00. The molecule has 4 heavy (non-hydrogen) atoms. The Morgan fingerprint density at radius 1 is 0.750 bits per heavy atom. The summed E-state index contributed by atoms with van der Waals surface area (Å²) in [4.78, 5) is 0. The summed E-state index contributed by atoms with van der Waals surface area (Å²) in [6.07, 6.45) is 0. The first-order chi connectivity index (χ1) is 1.00. The van der Waals surface area contributed by atoms with Crippen molar-refractivity contribution >= 4 is 51.8 Å². The van der Waals surface area contributed by atoms with E-state index < -0.39 is 0 Å². The van der Waals surface area contributed by atoms with E-state index in [2.05, 4.69) is 17.9 Å². The van der Waals surface area contributed by atoms with Crippen LogP contribution in [0.4, 0.5) is 0 Å². The fourth-order valence-electron chi connectivity index (χ4n) is 0. The summed E-state index contributed by atoms with van der Waals surface area (Å²) < 4.78 is 0. The molecule has 0 bridgehead atoms. The van der Waals surface area contributed by atoms with Gasteiger partial charge < -0.3 is 0 Å². The van der Waals surface area contributed by atoms with Crippen LogP contribution in [0.1, 0.15) is 0 Å². The highest BCUT2D eigenvalue weighted by atomic mass is 79.9. The van der Waals surface area contributed by atoms with Gasteiger partial charge in [0.2, 0.25) is 0 Å². The molecule has 4 heteroatoms. The molecule has 0 N–H and O–H groups in total. The maximum absolute atomic E-state index is 2.33.